The summed E-state index contributed by atoms with van der Waals surface area (Å²) in [5.74, 6) is -1.09. The summed E-state index contributed by atoms with van der Waals surface area (Å²) in [5.41, 5.74) is 0.953. The summed E-state index contributed by atoms with van der Waals surface area (Å²) in [5, 5.41) is 5.43. The smallest absolute Gasteiger partial charge is 0.270 e. The maximum Gasteiger partial charge on any atom is 0.270 e. The number of nitrogens with one attached hydrogen (secondary N) is 2. The normalized spacial score (nSPS) is 11.6. The number of hydrogen-bond donors (Lipinski definition) is 2. The Morgan fingerprint density at radius 2 is 1.87 bits per heavy atom. The molecule has 6 heteroatoms. The van der Waals surface area contributed by atoms with Gasteiger partial charge in [0.25, 0.3) is 11.8 Å². The fraction of sp³-hybridized carbons (Fsp3) is 0.235. The summed E-state index contributed by atoms with van der Waals surface area (Å²) in [7, 11) is 0. The molecule has 0 saturated carbocycles. The molecule has 1 aromatic heterocycles. The fourth-order valence-corrected chi connectivity index (χ4v) is 1.83. The van der Waals surface area contributed by atoms with Crippen molar-refractivity contribution < 1.29 is 14.0 Å². The van der Waals surface area contributed by atoms with Crippen LogP contribution in [0.1, 0.15) is 41.1 Å². The molecule has 5 nitrogen and oxygen atoms in total. The van der Waals surface area contributed by atoms with Crippen LogP contribution in [0.3, 0.4) is 0 Å². The average molecular weight is 315 g/mol. The second-order valence-electron chi connectivity index (χ2n) is 5.17. The van der Waals surface area contributed by atoms with Gasteiger partial charge in [-0.05, 0) is 49.7 Å². The zero-order chi connectivity index (χ0) is 16.8. The summed E-state index contributed by atoms with van der Waals surface area (Å²) in [6, 6.07) is 8.41. The van der Waals surface area contributed by atoms with Gasteiger partial charge in [-0.3, -0.25) is 14.6 Å². The van der Waals surface area contributed by atoms with Crippen LogP contribution >= 0.6 is 0 Å². The largest absolute Gasteiger partial charge is 0.348 e. The van der Waals surface area contributed by atoms with Crippen molar-refractivity contribution in [1.82, 2.24) is 10.3 Å². The van der Waals surface area contributed by atoms with Gasteiger partial charge in [0.2, 0.25) is 0 Å². The van der Waals surface area contributed by atoms with Gasteiger partial charge in [-0.25, -0.2) is 4.39 Å². The van der Waals surface area contributed by atoms with Gasteiger partial charge in [-0.1, -0.05) is 6.92 Å². The highest BCUT2D eigenvalue weighted by Crippen LogP contribution is 2.11. The number of anilines is 1. The first kappa shape index (κ1) is 16.6. The fourth-order valence-electron chi connectivity index (χ4n) is 1.83. The van der Waals surface area contributed by atoms with E-state index in [9.17, 15) is 14.0 Å². The van der Waals surface area contributed by atoms with Crippen molar-refractivity contribution in [3.8, 4) is 0 Å². The Hall–Kier alpha value is -2.76. The van der Waals surface area contributed by atoms with E-state index in [4.69, 9.17) is 0 Å². The Labute approximate surface area is 133 Å². The first-order chi connectivity index (χ1) is 11.0. The van der Waals surface area contributed by atoms with Gasteiger partial charge in [0, 0.05) is 23.5 Å². The number of aromatic nitrogens is 1. The molecular weight excluding hydrogens is 297 g/mol. The lowest BCUT2D eigenvalue weighted by atomic mass is 10.2. The molecule has 2 rings (SSSR count). The standard InChI is InChI=1S/C17H18FN3O2/c1-3-11(2)20-17(23)15-10-12(8-9-19-15)16(22)21-14-6-4-13(18)5-7-14/h4-11H,3H2,1-2H3,(H,20,23)(H,21,22). The van der Waals surface area contributed by atoms with Crippen molar-refractivity contribution in [1.29, 1.82) is 0 Å². The maximum absolute atomic E-state index is 12.9. The number of nitrogens with zero attached hydrogens (tertiary/aromatic N) is 1. The van der Waals surface area contributed by atoms with Gasteiger partial charge in [0.15, 0.2) is 0 Å². The molecule has 1 aromatic carbocycles. The van der Waals surface area contributed by atoms with Gasteiger partial charge in [0.05, 0.1) is 0 Å². The third-order valence-electron chi connectivity index (χ3n) is 3.35. The molecular formula is C17H18FN3O2. The Balaban J connectivity index is 2.10. The number of halogens is 1. The number of rotatable bonds is 5. The third kappa shape index (κ3) is 4.60. The van der Waals surface area contributed by atoms with E-state index in [-0.39, 0.29) is 23.5 Å². The number of hydrogen-bond acceptors (Lipinski definition) is 3. The first-order valence-corrected chi connectivity index (χ1v) is 7.33. The van der Waals surface area contributed by atoms with Crippen molar-refractivity contribution in [2.45, 2.75) is 26.3 Å². The molecule has 0 bridgehead atoms. The molecule has 0 aliphatic heterocycles. The topological polar surface area (TPSA) is 71.1 Å². The predicted octanol–water partition coefficient (Wildman–Crippen LogP) is 3.00. The average Bonchev–Trinajstić information content (AvgIpc) is 2.56. The number of amides is 2. The summed E-state index contributed by atoms with van der Waals surface area (Å²) in [6.07, 6.45) is 2.21. The Morgan fingerprint density at radius 1 is 1.17 bits per heavy atom. The van der Waals surface area contributed by atoms with Crippen molar-refractivity contribution in [3.05, 3.63) is 59.7 Å². The molecule has 2 N–H and O–H groups in total. The van der Waals surface area contributed by atoms with Crippen LogP contribution < -0.4 is 10.6 Å². The van der Waals surface area contributed by atoms with Crippen LogP contribution in [-0.4, -0.2) is 22.8 Å². The minimum atomic E-state index is -0.392. The van der Waals surface area contributed by atoms with E-state index < -0.39 is 5.91 Å². The van der Waals surface area contributed by atoms with Crippen LogP contribution in [0.15, 0.2) is 42.6 Å². The molecule has 1 heterocycles. The quantitative estimate of drug-likeness (QED) is 0.891. The monoisotopic (exact) mass is 315 g/mol. The van der Waals surface area contributed by atoms with Gasteiger partial charge in [-0.2, -0.15) is 0 Å². The number of carbonyl (C=O) groups excluding carboxylic acids is 2. The molecule has 1 atom stereocenters. The maximum atomic E-state index is 12.9. The van der Waals surface area contributed by atoms with E-state index in [1.165, 1.54) is 42.6 Å². The van der Waals surface area contributed by atoms with Crippen molar-refractivity contribution in [2.75, 3.05) is 5.32 Å². The zero-order valence-corrected chi connectivity index (χ0v) is 13.0. The van der Waals surface area contributed by atoms with E-state index in [0.717, 1.165) is 6.42 Å². The molecule has 2 aromatic rings. The van der Waals surface area contributed by atoms with Gasteiger partial charge < -0.3 is 10.6 Å². The zero-order valence-electron chi connectivity index (χ0n) is 13.0. The molecule has 0 aliphatic carbocycles. The number of benzene rings is 1. The molecule has 0 fully saturated rings. The van der Waals surface area contributed by atoms with Crippen molar-refractivity contribution in [3.63, 3.8) is 0 Å². The predicted molar refractivity (Wildman–Crippen MR) is 85.8 cm³/mol. The lowest BCUT2D eigenvalue weighted by Gasteiger charge is -2.11. The highest BCUT2D eigenvalue weighted by atomic mass is 19.1. The second-order valence-corrected chi connectivity index (χ2v) is 5.17. The molecule has 23 heavy (non-hydrogen) atoms. The van der Waals surface area contributed by atoms with Crippen LogP contribution in [-0.2, 0) is 0 Å². The van der Waals surface area contributed by atoms with Crippen LogP contribution in [0, 0.1) is 5.82 Å². The molecule has 1 unspecified atom stereocenters. The third-order valence-corrected chi connectivity index (χ3v) is 3.35. The van der Waals surface area contributed by atoms with E-state index >= 15 is 0 Å². The van der Waals surface area contributed by atoms with Gasteiger partial charge in [-0.15, -0.1) is 0 Å². The minimum absolute atomic E-state index is 0.0287. The summed E-state index contributed by atoms with van der Waals surface area (Å²) >= 11 is 0. The molecule has 2 amide bonds. The molecule has 0 aliphatic rings. The highest BCUT2D eigenvalue weighted by molar-refractivity contribution is 6.05. The Kier molecular flexibility index (Phi) is 5.41. The number of pyridine rings is 1. The molecule has 0 saturated heterocycles. The van der Waals surface area contributed by atoms with E-state index in [0.29, 0.717) is 11.3 Å². The summed E-state index contributed by atoms with van der Waals surface area (Å²) < 4.78 is 12.9. The number of carbonyl (C=O) groups is 2. The summed E-state index contributed by atoms with van der Waals surface area (Å²) in [4.78, 5) is 28.2. The minimum Gasteiger partial charge on any atom is -0.348 e. The molecule has 120 valence electrons. The van der Waals surface area contributed by atoms with E-state index in [2.05, 4.69) is 15.6 Å². The van der Waals surface area contributed by atoms with Crippen LogP contribution in [0.4, 0.5) is 10.1 Å². The molecule has 0 spiro atoms. The van der Waals surface area contributed by atoms with E-state index in [1.807, 2.05) is 13.8 Å². The van der Waals surface area contributed by atoms with E-state index in [1.54, 1.807) is 0 Å². The Bertz CT molecular complexity index is 701. The van der Waals surface area contributed by atoms with Crippen molar-refractivity contribution >= 4 is 17.5 Å². The highest BCUT2D eigenvalue weighted by Gasteiger charge is 2.13. The van der Waals surface area contributed by atoms with Crippen LogP contribution in [0.2, 0.25) is 0 Å². The first-order valence-electron chi connectivity index (χ1n) is 7.33. The summed E-state index contributed by atoms with van der Waals surface area (Å²) in [6.45, 7) is 3.86. The van der Waals surface area contributed by atoms with Crippen molar-refractivity contribution in [2.24, 2.45) is 0 Å². The van der Waals surface area contributed by atoms with Gasteiger partial charge >= 0.3 is 0 Å². The second kappa shape index (κ2) is 7.49. The van der Waals surface area contributed by atoms with Gasteiger partial charge in [0.1, 0.15) is 11.5 Å². The van der Waals surface area contributed by atoms with Crippen LogP contribution in [0.5, 0.6) is 0 Å². The lowest BCUT2D eigenvalue weighted by Crippen LogP contribution is -2.32. The Morgan fingerprint density at radius 3 is 2.52 bits per heavy atom. The van der Waals surface area contributed by atoms with Crippen LogP contribution in [0.25, 0.3) is 0 Å². The lowest BCUT2D eigenvalue weighted by molar-refractivity contribution is 0.0934. The molecule has 0 radical (unpaired) electrons. The SMILES string of the molecule is CCC(C)NC(=O)c1cc(C(=O)Nc2ccc(F)cc2)ccn1.